The maximum absolute atomic E-state index is 12.1. The van der Waals surface area contributed by atoms with Gasteiger partial charge >= 0.3 is 5.97 Å². The fraction of sp³-hybridized carbons (Fsp3) is 0.474. The zero-order valence-corrected chi connectivity index (χ0v) is 13.8. The van der Waals surface area contributed by atoms with E-state index >= 15 is 0 Å². The number of nitrogens with one attached hydrogen (secondary N) is 1. The van der Waals surface area contributed by atoms with Gasteiger partial charge < -0.3 is 14.8 Å². The molecule has 128 valence electrons. The number of hydrogen-bond acceptors (Lipinski definition) is 4. The van der Waals surface area contributed by atoms with Gasteiger partial charge in [-0.05, 0) is 30.9 Å². The molecule has 1 aromatic carbocycles. The molecule has 1 saturated carbocycles. The van der Waals surface area contributed by atoms with Gasteiger partial charge in [0.05, 0.1) is 5.57 Å². The fourth-order valence-corrected chi connectivity index (χ4v) is 3.16. The molecule has 1 amide bonds. The lowest BCUT2D eigenvalue weighted by atomic mass is 9.89. The Morgan fingerprint density at radius 2 is 1.96 bits per heavy atom. The largest absolute Gasteiger partial charge is 0.488 e. The molecule has 1 fully saturated rings. The van der Waals surface area contributed by atoms with Crippen LogP contribution in [-0.2, 0) is 14.3 Å². The molecule has 5 heteroatoms. The van der Waals surface area contributed by atoms with Gasteiger partial charge in [-0.2, -0.15) is 0 Å². The minimum Gasteiger partial charge on any atom is -0.488 e. The summed E-state index contributed by atoms with van der Waals surface area (Å²) < 4.78 is 10.6. The molecule has 1 aliphatic heterocycles. The van der Waals surface area contributed by atoms with E-state index in [2.05, 4.69) is 5.32 Å². The van der Waals surface area contributed by atoms with E-state index in [4.69, 9.17) is 9.47 Å². The Morgan fingerprint density at radius 3 is 2.79 bits per heavy atom. The van der Waals surface area contributed by atoms with E-state index in [1.807, 2.05) is 24.3 Å². The summed E-state index contributed by atoms with van der Waals surface area (Å²) in [5.41, 5.74) is 1.27. The predicted octanol–water partition coefficient (Wildman–Crippen LogP) is 2.70. The first kappa shape index (κ1) is 16.6. The molecule has 0 aromatic heterocycles. The van der Waals surface area contributed by atoms with Crippen molar-refractivity contribution >= 4 is 18.0 Å². The van der Waals surface area contributed by atoms with Gasteiger partial charge in [0.2, 0.25) is 0 Å². The Kier molecular flexibility index (Phi) is 5.51. The maximum atomic E-state index is 12.1. The Labute approximate surface area is 142 Å². The Bertz CT molecular complexity index is 632. The number of hydrogen-bond donors (Lipinski definition) is 1. The van der Waals surface area contributed by atoms with Crippen molar-refractivity contribution in [2.75, 3.05) is 19.8 Å². The fourth-order valence-electron chi connectivity index (χ4n) is 3.16. The molecule has 0 radical (unpaired) electrons. The average molecular weight is 329 g/mol. The molecule has 1 aromatic rings. The van der Waals surface area contributed by atoms with E-state index in [1.165, 1.54) is 32.1 Å². The molecule has 1 aliphatic carbocycles. The number of benzene rings is 1. The summed E-state index contributed by atoms with van der Waals surface area (Å²) in [6.45, 7) is 0.597. The van der Waals surface area contributed by atoms with Gasteiger partial charge in [-0.25, -0.2) is 4.79 Å². The molecule has 0 bridgehead atoms. The summed E-state index contributed by atoms with van der Waals surface area (Å²) in [6, 6.07) is 7.49. The first-order valence-electron chi connectivity index (χ1n) is 8.58. The topological polar surface area (TPSA) is 64.6 Å². The van der Waals surface area contributed by atoms with Crippen molar-refractivity contribution in [3.8, 4) is 5.75 Å². The molecule has 2 aliphatic rings. The number of amides is 1. The highest BCUT2D eigenvalue weighted by Crippen LogP contribution is 2.26. The van der Waals surface area contributed by atoms with Crippen LogP contribution < -0.4 is 10.1 Å². The normalized spacial score (nSPS) is 17.2. The monoisotopic (exact) mass is 329 g/mol. The minimum absolute atomic E-state index is 0.166. The number of rotatable bonds is 5. The lowest BCUT2D eigenvalue weighted by molar-refractivity contribution is -0.145. The zero-order valence-electron chi connectivity index (χ0n) is 13.8. The third kappa shape index (κ3) is 4.37. The van der Waals surface area contributed by atoms with Crippen LogP contribution >= 0.6 is 0 Å². The van der Waals surface area contributed by atoms with Gasteiger partial charge in [0, 0.05) is 12.1 Å². The lowest BCUT2D eigenvalue weighted by Gasteiger charge is -2.21. The van der Waals surface area contributed by atoms with Gasteiger partial charge in [0.15, 0.2) is 6.61 Å². The van der Waals surface area contributed by atoms with Crippen molar-refractivity contribution in [3.63, 3.8) is 0 Å². The highest BCUT2D eigenvalue weighted by atomic mass is 16.5. The Hall–Kier alpha value is -2.30. The van der Waals surface area contributed by atoms with Crippen LogP contribution in [0.25, 0.3) is 6.08 Å². The molecule has 0 saturated heterocycles. The molecule has 24 heavy (non-hydrogen) atoms. The molecule has 1 heterocycles. The van der Waals surface area contributed by atoms with Gasteiger partial charge in [0.1, 0.15) is 12.4 Å². The van der Waals surface area contributed by atoms with Crippen molar-refractivity contribution in [3.05, 3.63) is 35.4 Å². The lowest BCUT2D eigenvalue weighted by Crippen LogP contribution is -2.34. The second-order valence-electron chi connectivity index (χ2n) is 6.38. The first-order valence-corrected chi connectivity index (χ1v) is 8.58. The van der Waals surface area contributed by atoms with Crippen LogP contribution in [0.4, 0.5) is 0 Å². The Balaban J connectivity index is 1.44. The average Bonchev–Trinajstić information content (AvgIpc) is 2.65. The summed E-state index contributed by atoms with van der Waals surface area (Å²) >= 11 is 0. The molecular weight excluding hydrogens is 306 g/mol. The van der Waals surface area contributed by atoms with E-state index in [0.29, 0.717) is 18.0 Å². The number of esters is 1. The molecule has 0 spiro atoms. The number of para-hydroxylation sites is 1. The van der Waals surface area contributed by atoms with Crippen LogP contribution in [0.5, 0.6) is 5.75 Å². The standard InChI is InChI=1S/C19H23NO4/c21-18(20-11-14-6-2-1-3-7-14)13-24-19(22)16-10-15-8-4-5-9-17(15)23-12-16/h4-5,8-10,14H,1-3,6-7,11-13H2,(H,20,21). The van der Waals surface area contributed by atoms with Crippen LogP contribution in [0, 0.1) is 5.92 Å². The van der Waals surface area contributed by atoms with Crippen LogP contribution in [0.15, 0.2) is 29.8 Å². The van der Waals surface area contributed by atoms with Gasteiger partial charge in [0.25, 0.3) is 5.91 Å². The number of carbonyl (C=O) groups is 2. The van der Waals surface area contributed by atoms with Crippen LogP contribution in [0.2, 0.25) is 0 Å². The van der Waals surface area contributed by atoms with E-state index in [9.17, 15) is 9.59 Å². The van der Waals surface area contributed by atoms with Crippen molar-refractivity contribution < 1.29 is 19.1 Å². The van der Waals surface area contributed by atoms with Crippen LogP contribution in [-0.4, -0.2) is 31.6 Å². The van der Waals surface area contributed by atoms with Crippen molar-refractivity contribution in [1.29, 1.82) is 0 Å². The minimum atomic E-state index is -0.502. The molecule has 0 unspecified atom stereocenters. The third-order valence-corrected chi connectivity index (χ3v) is 4.54. The zero-order chi connectivity index (χ0) is 16.8. The number of carbonyl (C=O) groups excluding carboxylic acids is 2. The molecule has 1 N–H and O–H groups in total. The summed E-state index contributed by atoms with van der Waals surface area (Å²) in [7, 11) is 0. The van der Waals surface area contributed by atoms with Crippen molar-refractivity contribution in [1.82, 2.24) is 5.32 Å². The highest BCUT2D eigenvalue weighted by molar-refractivity contribution is 5.96. The van der Waals surface area contributed by atoms with E-state index in [-0.39, 0.29) is 19.1 Å². The maximum Gasteiger partial charge on any atom is 0.338 e. The predicted molar refractivity (Wildman–Crippen MR) is 90.5 cm³/mol. The molecular formula is C19H23NO4. The van der Waals surface area contributed by atoms with Gasteiger partial charge in [-0.1, -0.05) is 37.5 Å². The van der Waals surface area contributed by atoms with Gasteiger partial charge in [-0.15, -0.1) is 0 Å². The third-order valence-electron chi connectivity index (χ3n) is 4.54. The second-order valence-corrected chi connectivity index (χ2v) is 6.38. The molecule has 5 nitrogen and oxygen atoms in total. The van der Waals surface area contributed by atoms with E-state index in [1.54, 1.807) is 6.08 Å². The summed E-state index contributed by atoms with van der Waals surface area (Å²) in [6.07, 6.45) is 7.87. The van der Waals surface area contributed by atoms with E-state index in [0.717, 1.165) is 11.3 Å². The number of fused-ring (bicyclic) bond motifs is 1. The quantitative estimate of drug-likeness (QED) is 0.844. The SMILES string of the molecule is O=C(COC(=O)C1=Cc2ccccc2OC1)NCC1CCCCC1. The second kappa shape index (κ2) is 7.99. The van der Waals surface area contributed by atoms with Gasteiger partial charge in [-0.3, -0.25) is 4.79 Å². The van der Waals surface area contributed by atoms with Crippen LogP contribution in [0.1, 0.15) is 37.7 Å². The Morgan fingerprint density at radius 1 is 1.17 bits per heavy atom. The van der Waals surface area contributed by atoms with Crippen molar-refractivity contribution in [2.24, 2.45) is 5.92 Å². The van der Waals surface area contributed by atoms with E-state index < -0.39 is 5.97 Å². The highest BCUT2D eigenvalue weighted by Gasteiger charge is 2.19. The van der Waals surface area contributed by atoms with Crippen molar-refractivity contribution in [2.45, 2.75) is 32.1 Å². The molecule has 3 rings (SSSR count). The number of ether oxygens (including phenoxy) is 2. The summed E-state index contributed by atoms with van der Waals surface area (Å²) in [5.74, 6) is 0.563. The summed E-state index contributed by atoms with van der Waals surface area (Å²) in [5, 5.41) is 2.86. The summed E-state index contributed by atoms with van der Waals surface area (Å²) in [4.78, 5) is 23.9. The molecule has 0 atom stereocenters. The first-order chi connectivity index (χ1) is 11.7. The van der Waals surface area contributed by atoms with Crippen LogP contribution in [0.3, 0.4) is 0 Å². The smallest absolute Gasteiger partial charge is 0.338 e.